The molecule has 6 heteroatoms. The lowest BCUT2D eigenvalue weighted by Gasteiger charge is -2.30. The molecule has 1 amide bonds. The van der Waals surface area contributed by atoms with Gasteiger partial charge in [0.25, 0.3) is 0 Å². The van der Waals surface area contributed by atoms with Crippen molar-refractivity contribution in [2.24, 2.45) is 0 Å². The minimum absolute atomic E-state index is 0.108. The molecule has 1 fully saturated rings. The zero-order valence-corrected chi connectivity index (χ0v) is 18.4. The molecule has 33 heavy (non-hydrogen) atoms. The summed E-state index contributed by atoms with van der Waals surface area (Å²) in [5, 5.41) is 3.06. The minimum Gasteiger partial charge on any atom is -0.410 e. The SMILES string of the molecule is CN(C(=O)Oc1ccc2nc(C=O)cc(-c3ccc4ccccc4c3)c2c1)C1CCOCC1. The van der Waals surface area contributed by atoms with Crippen molar-refractivity contribution >= 4 is 34.1 Å². The number of hydrogen-bond donors (Lipinski definition) is 0. The van der Waals surface area contributed by atoms with E-state index < -0.39 is 6.09 Å². The standard InChI is InChI=1S/C27H24N2O4/c1-29(22-10-12-32-13-11-22)27(31)33-23-8-9-26-25(16-23)24(15-21(17-30)28-26)20-7-6-18-4-2-3-5-19(18)14-20/h2-9,14-17,22H,10-13H2,1H3. The van der Waals surface area contributed by atoms with Gasteiger partial charge in [-0.2, -0.15) is 0 Å². The summed E-state index contributed by atoms with van der Waals surface area (Å²) in [4.78, 5) is 30.4. The van der Waals surface area contributed by atoms with Crippen LogP contribution in [0.2, 0.25) is 0 Å². The van der Waals surface area contributed by atoms with Crippen LogP contribution >= 0.6 is 0 Å². The average molecular weight is 440 g/mol. The summed E-state index contributed by atoms with van der Waals surface area (Å²) < 4.78 is 11.1. The summed E-state index contributed by atoms with van der Waals surface area (Å²) in [5.74, 6) is 0.439. The van der Waals surface area contributed by atoms with Gasteiger partial charge >= 0.3 is 6.09 Å². The highest BCUT2D eigenvalue weighted by molar-refractivity contribution is 6.00. The van der Waals surface area contributed by atoms with Gasteiger partial charge in [0, 0.05) is 31.7 Å². The van der Waals surface area contributed by atoms with Crippen molar-refractivity contribution in [3.63, 3.8) is 0 Å². The number of rotatable bonds is 4. The van der Waals surface area contributed by atoms with Crippen molar-refractivity contribution in [1.82, 2.24) is 9.88 Å². The summed E-state index contributed by atoms with van der Waals surface area (Å²) in [5.41, 5.74) is 2.85. The molecule has 0 unspecified atom stereocenters. The Morgan fingerprint density at radius 1 is 1.03 bits per heavy atom. The van der Waals surface area contributed by atoms with E-state index in [1.807, 2.05) is 24.3 Å². The molecule has 0 N–H and O–H groups in total. The van der Waals surface area contributed by atoms with Gasteiger partial charge in [-0.25, -0.2) is 9.78 Å². The van der Waals surface area contributed by atoms with Gasteiger partial charge in [0.15, 0.2) is 6.29 Å². The molecule has 0 spiro atoms. The fraction of sp³-hybridized carbons (Fsp3) is 0.222. The van der Waals surface area contributed by atoms with Gasteiger partial charge in [-0.3, -0.25) is 4.79 Å². The molecule has 166 valence electrons. The predicted octanol–water partition coefficient (Wildman–Crippen LogP) is 5.48. The van der Waals surface area contributed by atoms with Crippen LogP contribution in [-0.4, -0.2) is 48.6 Å². The van der Waals surface area contributed by atoms with E-state index in [0.717, 1.165) is 46.4 Å². The van der Waals surface area contributed by atoms with Gasteiger partial charge in [0.05, 0.1) is 5.52 Å². The molecule has 4 aromatic rings. The lowest BCUT2D eigenvalue weighted by Crippen LogP contribution is -2.42. The number of amides is 1. The first-order valence-electron chi connectivity index (χ1n) is 11.0. The summed E-state index contributed by atoms with van der Waals surface area (Å²) >= 11 is 0. The van der Waals surface area contributed by atoms with Crippen LogP contribution in [0.25, 0.3) is 32.8 Å². The smallest absolute Gasteiger partial charge is 0.410 e. The Bertz CT molecular complexity index is 1340. The number of carbonyl (C=O) groups is 2. The fourth-order valence-corrected chi connectivity index (χ4v) is 4.34. The van der Waals surface area contributed by atoms with Gasteiger partial charge < -0.3 is 14.4 Å². The topological polar surface area (TPSA) is 68.7 Å². The molecule has 1 aromatic heterocycles. The summed E-state index contributed by atoms with van der Waals surface area (Å²) in [7, 11) is 1.76. The maximum atomic E-state index is 12.8. The Balaban J connectivity index is 1.52. The van der Waals surface area contributed by atoms with E-state index in [-0.39, 0.29) is 6.04 Å². The van der Waals surface area contributed by atoms with E-state index in [0.29, 0.717) is 30.2 Å². The molecule has 5 rings (SSSR count). The van der Waals surface area contributed by atoms with Gasteiger partial charge in [-0.15, -0.1) is 0 Å². The largest absolute Gasteiger partial charge is 0.415 e. The highest BCUT2D eigenvalue weighted by Crippen LogP contribution is 2.33. The Labute approximate surface area is 191 Å². The molecule has 1 saturated heterocycles. The van der Waals surface area contributed by atoms with Crippen molar-refractivity contribution in [2.75, 3.05) is 20.3 Å². The normalized spacial score (nSPS) is 14.3. The fourth-order valence-electron chi connectivity index (χ4n) is 4.34. The van der Waals surface area contributed by atoms with E-state index in [1.54, 1.807) is 30.1 Å². The van der Waals surface area contributed by atoms with Crippen LogP contribution in [0.15, 0.2) is 66.7 Å². The van der Waals surface area contributed by atoms with E-state index in [9.17, 15) is 9.59 Å². The molecule has 0 saturated carbocycles. The summed E-state index contributed by atoms with van der Waals surface area (Å²) in [6.07, 6.45) is 1.95. The first kappa shape index (κ1) is 21.1. The number of nitrogens with zero attached hydrogens (tertiary/aromatic N) is 2. The second-order valence-corrected chi connectivity index (χ2v) is 8.28. The zero-order chi connectivity index (χ0) is 22.8. The van der Waals surface area contributed by atoms with Crippen LogP contribution < -0.4 is 4.74 Å². The molecule has 0 aliphatic carbocycles. The molecule has 1 aliphatic heterocycles. The molecule has 3 aromatic carbocycles. The molecule has 6 nitrogen and oxygen atoms in total. The van der Waals surface area contributed by atoms with E-state index in [4.69, 9.17) is 9.47 Å². The maximum Gasteiger partial charge on any atom is 0.415 e. The van der Waals surface area contributed by atoms with Crippen molar-refractivity contribution in [3.05, 3.63) is 72.4 Å². The van der Waals surface area contributed by atoms with Crippen LogP contribution in [-0.2, 0) is 4.74 Å². The first-order chi connectivity index (χ1) is 16.1. The molecule has 0 radical (unpaired) electrons. The Kier molecular flexibility index (Phi) is 5.75. The Morgan fingerprint density at radius 3 is 2.61 bits per heavy atom. The second kappa shape index (κ2) is 9.00. The third-order valence-electron chi connectivity index (χ3n) is 6.21. The summed E-state index contributed by atoms with van der Waals surface area (Å²) in [6, 6.07) is 21.5. The molecule has 1 aliphatic rings. The third-order valence-corrected chi connectivity index (χ3v) is 6.21. The Hall–Kier alpha value is -3.77. The zero-order valence-electron chi connectivity index (χ0n) is 18.4. The van der Waals surface area contributed by atoms with Gasteiger partial charge in [-0.05, 0) is 65.1 Å². The van der Waals surface area contributed by atoms with Crippen LogP contribution in [0.4, 0.5) is 4.79 Å². The number of carbonyl (C=O) groups excluding carboxylic acids is 2. The molecular weight excluding hydrogens is 416 g/mol. The number of aldehydes is 1. The average Bonchev–Trinajstić information content (AvgIpc) is 2.87. The highest BCUT2D eigenvalue weighted by Gasteiger charge is 2.24. The lowest BCUT2D eigenvalue weighted by atomic mass is 9.97. The number of benzene rings is 3. The van der Waals surface area contributed by atoms with Gasteiger partial charge in [0.1, 0.15) is 11.4 Å². The number of ether oxygens (including phenoxy) is 2. The minimum atomic E-state index is -0.397. The van der Waals surface area contributed by atoms with Gasteiger partial charge in [0.2, 0.25) is 0 Å². The third kappa shape index (κ3) is 4.30. The van der Waals surface area contributed by atoms with Crippen LogP contribution in [0.3, 0.4) is 0 Å². The molecule has 0 bridgehead atoms. The lowest BCUT2D eigenvalue weighted by molar-refractivity contribution is 0.0454. The molecule has 2 heterocycles. The molecule has 0 atom stereocenters. The van der Waals surface area contributed by atoms with Crippen molar-refractivity contribution in [1.29, 1.82) is 0 Å². The van der Waals surface area contributed by atoms with Crippen LogP contribution in [0, 0.1) is 0 Å². The van der Waals surface area contributed by atoms with Crippen LogP contribution in [0.5, 0.6) is 5.75 Å². The van der Waals surface area contributed by atoms with Crippen molar-refractivity contribution < 1.29 is 19.1 Å². The molecular formula is C27H24N2O4. The van der Waals surface area contributed by atoms with Gasteiger partial charge in [-0.1, -0.05) is 36.4 Å². The van der Waals surface area contributed by atoms with E-state index in [1.165, 1.54) is 0 Å². The predicted molar refractivity (Wildman–Crippen MR) is 128 cm³/mol. The maximum absolute atomic E-state index is 12.8. The van der Waals surface area contributed by atoms with Crippen LogP contribution in [0.1, 0.15) is 23.3 Å². The van der Waals surface area contributed by atoms with E-state index >= 15 is 0 Å². The quantitative estimate of drug-likeness (QED) is 0.393. The number of aromatic nitrogens is 1. The monoisotopic (exact) mass is 440 g/mol. The first-order valence-corrected chi connectivity index (χ1v) is 11.0. The highest BCUT2D eigenvalue weighted by atomic mass is 16.6. The number of fused-ring (bicyclic) bond motifs is 2. The second-order valence-electron chi connectivity index (χ2n) is 8.28. The summed E-state index contributed by atoms with van der Waals surface area (Å²) in [6.45, 7) is 1.30. The van der Waals surface area contributed by atoms with Crippen molar-refractivity contribution in [2.45, 2.75) is 18.9 Å². The Morgan fingerprint density at radius 2 is 1.82 bits per heavy atom. The van der Waals surface area contributed by atoms with Crippen molar-refractivity contribution in [3.8, 4) is 16.9 Å². The number of hydrogen-bond acceptors (Lipinski definition) is 5. The number of pyridine rings is 1. The van der Waals surface area contributed by atoms with E-state index in [2.05, 4.69) is 29.2 Å².